The molecule has 0 aliphatic heterocycles. The molecule has 1 atom stereocenters. The molecule has 2 aliphatic carbocycles. The zero-order valence-corrected chi connectivity index (χ0v) is 16.2. The highest BCUT2D eigenvalue weighted by Gasteiger charge is 2.15. The molecule has 0 saturated carbocycles. The van der Waals surface area contributed by atoms with Gasteiger partial charge in [-0.15, -0.1) is 0 Å². The topological polar surface area (TPSA) is 38.3 Å². The summed E-state index contributed by atoms with van der Waals surface area (Å²) in [5, 5.41) is 3.07. The first kappa shape index (κ1) is 18.1. The zero-order valence-electron chi connectivity index (χ0n) is 16.2. The van der Waals surface area contributed by atoms with Gasteiger partial charge in [-0.3, -0.25) is 4.79 Å². The third-order valence-electron chi connectivity index (χ3n) is 5.94. The van der Waals surface area contributed by atoms with E-state index in [0.29, 0.717) is 0 Å². The van der Waals surface area contributed by atoms with Crippen LogP contribution in [0, 0.1) is 0 Å². The molecule has 27 heavy (non-hydrogen) atoms. The van der Waals surface area contributed by atoms with Crippen molar-refractivity contribution in [3.8, 4) is 5.75 Å². The lowest BCUT2D eigenvalue weighted by Gasteiger charge is -2.20. The molecular formula is C24H29NO2. The summed E-state index contributed by atoms with van der Waals surface area (Å²) < 4.78 is 5.75. The van der Waals surface area contributed by atoms with E-state index in [2.05, 4.69) is 35.6 Å². The number of carbonyl (C=O) groups excluding carboxylic acids is 1. The van der Waals surface area contributed by atoms with E-state index in [1.54, 1.807) is 0 Å². The Balaban J connectivity index is 1.32. The average molecular weight is 364 g/mol. The van der Waals surface area contributed by atoms with E-state index < -0.39 is 0 Å². The molecule has 3 nitrogen and oxygen atoms in total. The van der Waals surface area contributed by atoms with Crippen molar-refractivity contribution >= 4 is 5.91 Å². The van der Waals surface area contributed by atoms with Gasteiger partial charge in [0.2, 0.25) is 0 Å². The minimum absolute atomic E-state index is 0.00291. The molecule has 0 saturated heterocycles. The molecule has 1 amide bonds. The second-order valence-corrected chi connectivity index (χ2v) is 7.95. The van der Waals surface area contributed by atoms with Crippen LogP contribution >= 0.6 is 0 Å². The number of ether oxygens (including phenoxy) is 1. The summed E-state index contributed by atoms with van der Waals surface area (Å²) in [5.74, 6) is 0.727. The number of hydrogen-bond acceptors (Lipinski definition) is 2. The fourth-order valence-corrected chi connectivity index (χ4v) is 4.34. The molecule has 142 valence electrons. The fourth-order valence-electron chi connectivity index (χ4n) is 4.34. The maximum absolute atomic E-state index is 12.3. The Morgan fingerprint density at radius 2 is 1.48 bits per heavy atom. The number of rotatable bonds is 5. The molecule has 3 heteroatoms. The first-order valence-corrected chi connectivity index (χ1v) is 10.3. The lowest BCUT2D eigenvalue weighted by Crippen LogP contribution is -2.31. The van der Waals surface area contributed by atoms with Crippen LogP contribution in [0.1, 0.15) is 66.5 Å². The molecule has 0 bridgehead atoms. The van der Waals surface area contributed by atoms with Crippen LogP contribution in [0.2, 0.25) is 0 Å². The van der Waals surface area contributed by atoms with Gasteiger partial charge in [-0.05, 0) is 98.2 Å². The SMILES string of the molecule is C[C@H](NC(=O)COc1ccc2c(c1)CCCC2)c1ccc2c(c1)CCCC2. The van der Waals surface area contributed by atoms with Crippen LogP contribution < -0.4 is 10.1 Å². The van der Waals surface area contributed by atoms with Gasteiger partial charge in [0.25, 0.3) is 5.91 Å². The van der Waals surface area contributed by atoms with E-state index in [1.165, 1.54) is 59.9 Å². The van der Waals surface area contributed by atoms with Gasteiger partial charge >= 0.3 is 0 Å². The van der Waals surface area contributed by atoms with E-state index in [9.17, 15) is 4.79 Å². The summed E-state index contributed by atoms with van der Waals surface area (Å²) in [6.07, 6.45) is 9.70. The molecule has 0 fully saturated rings. The summed E-state index contributed by atoms with van der Waals surface area (Å²) in [4.78, 5) is 12.3. The van der Waals surface area contributed by atoms with Crippen LogP contribution in [0.3, 0.4) is 0 Å². The zero-order chi connectivity index (χ0) is 18.6. The maximum atomic E-state index is 12.3. The van der Waals surface area contributed by atoms with Crippen molar-refractivity contribution in [2.45, 2.75) is 64.3 Å². The maximum Gasteiger partial charge on any atom is 0.258 e. The third kappa shape index (κ3) is 4.35. The molecule has 2 aromatic carbocycles. The largest absolute Gasteiger partial charge is 0.484 e. The summed E-state index contributed by atoms with van der Waals surface area (Å²) in [7, 11) is 0. The Hall–Kier alpha value is -2.29. The number of fused-ring (bicyclic) bond motifs is 2. The Bertz CT molecular complexity index is 827. The number of benzene rings is 2. The molecule has 2 aliphatic rings. The van der Waals surface area contributed by atoms with Gasteiger partial charge in [-0.2, -0.15) is 0 Å². The quantitative estimate of drug-likeness (QED) is 0.836. The molecule has 0 spiro atoms. The van der Waals surface area contributed by atoms with Crippen LogP contribution in [0.25, 0.3) is 0 Å². The summed E-state index contributed by atoms with van der Waals surface area (Å²) >= 11 is 0. The van der Waals surface area contributed by atoms with E-state index in [1.807, 2.05) is 13.0 Å². The van der Waals surface area contributed by atoms with Crippen LogP contribution in [-0.2, 0) is 30.5 Å². The van der Waals surface area contributed by atoms with Crippen molar-refractivity contribution in [2.24, 2.45) is 0 Å². The van der Waals surface area contributed by atoms with E-state index in [-0.39, 0.29) is 18.6 Å². The second-order valence-electron chi connectivity index (χ2n) is 7.95. The highest BCUT2D eigenvalue weighted by atomic mass is 16.5. The highest BCUT2D eigenvalue weighted by molar-refractivity contribution is 5.78. The number of hydrogen-bond donors (Lipinski definition) is 1. The van der Waals surface area contributed by atoms with Gasteiger partial charge in [0, 0.05) is 0 Å². The van der Waals surface area contributed by atoms with Gasteiger partial charge in [0.1, 0.15) is 5.75 Å². The van der Waals surface area contributed by atoms with E-state index in [4.69, 9.17) is 4.74 Å². The fraction of sp³-hybridized carbons (Fsp3) is 0.458. The molecule has 0 heterocycles. The Morgan fingerprint density at radius 1 is 0.889 bits per heavy atom. The lowest BCUT2D eigenvalue weighted by molar-refractivity contribution is -0.123. The van der Waals surface area contributed by atoms with Crippen molar-refractivity contribution in [3.05, 3.63) is 64.2 Å². The molecule has 0 unspecified atom stereocenters. The Morgan fingerprint density at radius 3 is 2.19 bits per heavy atom. The van der Waals surface area contributed by atoms with Crippen LogP contribution in [-0.4, -0.2) is 12.5 Å². The van der Waals surface area contributed by atoms with Crippen LogP contribution in [0.4, 0.5) is 0 Å². The molecule has 4 rings (SSSR count). The normalized spacial score (nSPS) is 16.8. The summed E-state index contributed by atoms with van der Waals surface area (Å²) in [6, 6.07) is 12.9. The summed E-state index contributed by atoms with van der Waals surface area (Å²) in [5.41, 5.74) is 6.91. The average Bonchev–Trinajstić information content (AvgIpc) is 2.71. The third-order valence-corrected chi connectivity index (χ3v) is 5.94. The predicted octanol–water partition coefficient (Wildman–Crippen LogP) is 4.70. The van der Waals surface area contributed by atoms with Crippen molar-refractivity contribution in [1.29, 1.82) is 0 Å². The van der Waals surface area contributed by atoms with Crippen LogP contribution in [0.15, 0.2) is 36.4 Å². The van der Waals surface area contributed by atoms with Gasteiger partial charge in [-0.1, -0.05) is 24.3 Å². The first-order valence-electron chi connectivity index (χ1n) is 10.3. The van der Waals surface area contributed by atoms with Crippen molar-refractivity contribution in [2.75, 3.05) is 6.61 Å². The number of nitrogens with one attached hydrogen (secondary N) is 1. The van der Waals surface area contributed by atoms with Gasteiger partial charge in [0.05, 0.1) is 6.04 Å². The predicted molar refractivity (Wildman–Crippen MR) is 108 cm³/mol. The van der Waals surface area contributed by atoms with Crippen molar-refractivity contribution < 1.29 is 9.53 Å². The number of carbonyl (C=O) groups is 1. The molecule has 0 aromatic heterocycles. The highest BCUT2D eigenvalue weighted by Crippen LogP contribution is 2.26. The number of amides is 1. The smallest absolute Gasteiger partial charge is 0.258 e. The summed E-state index contributed by atoms with van der Waals surface area (Å²) in [6.45, 7) is 2.11. The molecule has 0 radical (unpaired) electrons. The minimum Gasteiger partial charge on any atom is -0.484 e. The minimum atomic E-state index is -0.0714. The molecule has 2 aromatic rings. The molecular weight excluding hydrogens is 334 g/mol. The second kappa shape index (κ2) is 8.16. The molecule has 1 N–H and O–H groups in total. The van der Waals surface area contributed by atoms with Crippen LogP contribution in [0.5, 0.6) is 5.75 Å². The lowest BCUT2D eigenvalue weighted by atomic mass is 9.89. The first-order chi connectivity index (χ1) is 13.2. The Kier molecular flexibility index (Phi) is 5.47. The van der Waals surface area contributed by atoms with Gasteiger partial charge < -0.3 is 10.1 Å². The van der Waals surface area contributed by atoms with E-state index >= 15 is 0 Å². The van der Waals surface area contributed by atoms with Crippen molar-refractivity contribution in [3.63, 3.8) is 0 Å². The van der Waals surface area contributed by atoms with E-state index in [0.717, 1.165) is 25.0 Å². The standard InChI is InChI=1S/C24H29NO2/c1-17(20-11-10-18-6-2-4-8-21(18)14-20)25-24(26)16-27-23-13-12-19-7-3-5-9-22(19)15-23/h10-15,17H,2-9,16H2,1H3,(H,25,26)/t17-/m0/s1. The van der Waals surface area contributed by atoms with Crippen molar-refractivity contribution in [1.82, 2.24) is 5.32 Å². The number of aryl methyl sites for hydroxylation is 4. The van der Waals surface area contributed by atoms with Gasteiger partial charge in [-0.25, -0.2) is 0 Å². The Labute approximate surface area is 162 Å². The van der Waals surface area contributed by atoms with Gasteiger partial charge in [0.15, 0.2) is 6.61 Å². The monoisotopic (exact) mass is 363 g/mol.